The molecule has 1 atom stereocenters. The van der Waals surface area contributed by atoms with Crippen LogP contribution in [0.5, 0.6) is 17.2 Å². The second-order valence-electron chi connectivity index (χ2n) is 3.20. The van der Waals surface area contributed by atoms with E-state index in [4.69, 9.17) is 14.2 Å². The van der Waals surface area contributed by atoms with E-state index in [0.29, 0.717) is 6.61 Å². The van der Waals surface area contributed by atoms with Gasteiger partial charge in [-0.3, -0.25) is 0 Å². The van der Waals surface area contributed by atoms with Crippen molar-refractivity contribution in [2.24, 2.45) is 0 Å². The van der Waals surface area contributed by atoms with E-state index in [0.717, 1.165) is 27.1 Å². The molecule has 1 aromatic carbocycles. The molecule has 0 aliphatic carbocycles. The molecular weight excluding hydrogens is 408 g/mol. The lowest BCUT2D eigenvalue weighted by Crippen LogP contribution is -2.12. The van der Waals surface area contributed by atoms with Crippen molar-refractivity contribution in [1.29, 1.82) is 0 Å². The van der Waals surface area contributed by atoms with Gasteiger partial charge in [-0.25, -0.2) is 0 Å². The van der Waals surface area contributed by atoms with Crippen LogP contribution in [0.2, 0.25) is 0 Å². The smallest absolute Gasteiger partial charge is 0.231 e. The van der Waals surface area contributed by atoms with Crippen LogP contribution in [0.4, 0.5) is 0 Å². The summed E-state index contributed by atoms with van der Waals surface area (Å²) >= 11 is 10.3. The number of benzene rings is 1. The van der Waals surface area contributed by atoms with Gasteiger partial charge in [0.05, 0.1) is 9.30 Å². The maximum Gasteiger partial charge on any atom is 0.231 e. The molecule has 2 rings (SSSR count). The maximum atomic E-state index is 5.66. The molecule has 0 amide bonds. The highest BCUT2D eigenvalue weighted by Gasteiger charge is 2.17. The number of hydrogen-bond acceptors (Lipinski definition) is 3. The van der Waals surface area contributed by atoms with Crippen molar-refractivity contribution in [2.45, 2.75) is 4.83 Å². The second kappa shape index (κ2) is 5.60. The van der Waals surface area contributed by atoms with Crippen molar-refractivity contribution in [3.8, 4) is 17.2 Å². The molecule has 0 fully saturated rings. The summed E-state index contributed by atoms with van der Waals surface area (Å²) in [6, 6.07) is 3.69. The molecule has 0 saturated carbocycles. The van der Waals surface area contributed by atoms with Crippen LogP contribution in [-0.4, -0.2) is 23.6 Å². The lowest BCUT2D eigenvalue weighted by atomic mass is 10.3. The van der Waals surface area contributed by atoms with Gasteiger partial charge in [0.2, 0.25) is 6.79 Å². The zero-order chi connectivity index (χ0) is 11.5. The Kier molecular flexibility index (Phi) is 4.38. The third kappa shape index (κ3) is 2.84. The number of hydrogen-bond donors (Lipinski definition) is 0. The quantitative estimate of drug-likeness (QED) is 0.700. The summed E-state index contributed by atoms with van der Waals surface area (Å²) in [5, 5.41) is 0.842. The Bertz CT molecular complexity index is 384. The highest BCUT2D eigenvalue weighted by atomic mass is 79.9. The van der Waals surface area contributed by atoms with Crippen LogP contribution in [0.25, 0.3) is 0 Å². The molecule has 88 valence electrons. The fourth-order valence-corrected chi connectivity index (χ4v) is 1.99. The number of ether oxygens (including phenoxy) is 3. The van der Waals surface area contributed by atoms with Crippen LogP contribution < -0.4 is 14.2 Å². The Hall–Kier alpha value is 0.0600. The summed E-state index contributed by atoms with van der Waals surface area (Å²) in [6.45, 7) is 0.858. The van der Waals surface area contributed by atoms with Gasteiger partial charge in [0.1, 0.15) is 12.4 Å². The van der Waals surface area contributed by atoms with E-state index in [1.54, 1.807) is 0 Å². The van der Waals surface area contributed by atoms with Crippen molar-refractivity contribution in [1.82, 2.24) is 0 Å². The average Bonchev–Trinajstić information content (AvgIpc) is 2.72. The first-order valence-corrected chi connectivity index (χ1v) is 7.45. The van der Waals surface area contributed by atoms with E-state index in [2.05, 4.69) is 47.8 Å². The lowest BCUT2D eigenvalue weighted by Gasteiger charge is -2.11. The molecule has 0 spiro atoms. The highest BCUT2D eigenvalue weighted by Crippen LogP contribution is 2.40. The standard InChI is InChI=1S/C10H9Br3O3/c11-3-6(12)4-14-8-2-10-9(1-7(8)13)15-5-16-10/h1-2,6H,3-5H2. The Labute approximate surface area is 119 Å². The number of rotatable bonds is 4. The van der Waals surface area contributed by atoms with Gasteiger partial charge >= 0.3 is 0 Å². The number of alkyl halides is 2. The molecule has 3 nitrogen and oxygen atoms in total. The maximum absolute atomic E-state index is 5.66. The molecule has 1 aliphatic heterocycles. The van der Waals surface area contributed by atoms with Gasteiger partial charge < -0.3 is 14.2 Å². The first-order valence-electron chi connectivity index (χ1n) is 4.62. The van der Waals surface area contributed by atoms with Gasteiger partial charge in [0, 0.05) is 17.5 Å². The van der Waals surface area contributed by atoms with E-state index in [1.165, 1.54) is 0 Å². The summed E-state index contributed by atoms with van der Waals surface area (Å²) in [5.41, 5.74) is 0. The van der Waals surface area contributed by atoms with Gasteiger partial charge in [-0.15, -0.1) is 0 Å². The molecule has 1 unspecified atom stereocenters. The van der Waals surface area contributed by atoms with Crippen molar-refractivity contribution >= 4 is 47.8 Å². The van der Waals surface area contributed by atoms with Gasteiger partial charge in [0.25, 0.3) is 0 Å². The molecule has 16 heavy (non-hydrogen) atoms. The Balaban J connectivity index is 2.09. The van der Waals surface area contributed by atoms with Crippen molar-refractivity contribution in [3.63, 3.8) is 0 Å². The predicted molar refractivity (Wildman–Crippen MR) is 72.3 cm³/mol. The molecule has 1 aliphatic rings. The summed E-state index contributed by atoms with van der Waals surface area (Å²) in [6.07, 6.45) is 0. The molecule has 0 radical (unpaired) electrons. The summed E-state index contributed by atoms with van der Waals surface area (Å²) in [7, 11) is 0. The van der Waals surface area contributed by atoms with Crippen LogP contribution in [0, 0.1) is 0 Å². The fourth-order valence-electron chi connectivity index (χ4n) is 1.23. The first kappa shape index (κ1) is 12.5. The van der Waals surface area contributed by atoms with Crippen LogP contribution in [0.3, 0.4) is 0 Å². The van der Waals surface area contributed by atoms with Crippen LogP contribution in [-0.2, 0) is 0 Å². The second-order valence-corrected chi connectivity index (χ2v) is 6.00. The van der Waals surface area contributed by atoms with Crippen molar-refractivity contribution in [2.75, 3.05) is 18.7 Å². The minimum absolute atomic E-state index is 0.272. The zero-order valence-corrected chi connectivity index (χ0v) is 13.0. The molecule has 0 aromatic heterocycles. The van der Waals surface area contributed by atoms with Gasteiger partial charge in [-0.1, -0.05) is 31.9 Å². The third-order valence-electron chi connectivity index (χ3n) is 2.01. The Morgan fingerprint density at radius 3 is 2.69 bits per heavy atom. The van der Waals surface area contributed by atoms with Crippen molar-refractivity contribution < 1.29 is 14.2 Å². The van der Waals surface area contributed by atoms with Crippen LogP contribution in [0.1, 0.15) is 0 Å². The largest absolute Gasteiger partial charge is 0.491 e. The van der Waals surface area contributed by atoms with E-state index >= 15 is 0 Å². The van der Waals surface area contributed by atoms with Crippen LogP contribution >= 0.6 is 47.8 Å². The van der Waals surface area contributed by atoms with Gasteiger partial charge in [-0.05, 0) is 15.9 Å². The number of fused-ring (bicyclic) bond motifs is 1. The predicted octanol–water partition coefficient (Wildman–Crippen LogP) is 3.72. The Morgan fingerprint density at radius 2 is 2.00 bits per heavy atom. The summed E-state index contributed by atoms with van der Waals surface area (Å²) < 4.78 is 17.1. The van der Waals surface area contributed by atoms with Gasteiger partial charge in [0.15, 0.2) is 11.5 Å². The normalized spacial score (nSPS) is 14.9. The number of halogens is 3. The molecule has 6 heteroatoms. The van der Waals surface area contributed by atoms with E-state index < -0.39 is 0 Å². The molecule has 1 heterocycles. The monoisotopic (exact) mass is 414 g/mol. The van der Waals surface area contributed by atoms with Crippen molar-refractivity contribution in [3.05, 3.63) is 16.6 Å². The summed E-state index contributed by atoms with van der Waals surface area (Å²) in [5.74, 6) is 2.23. The summed E-state index contributed by atoms with van der Waals surface area (Å²) in [4.78, 5) is 0.282. The van der Waals surface area contributed by atoms with Crippen LogP contribution in [0.15, 0.2) is 16.6 Å². The SMILES string of the molecule is BrCC(Br)COc1cc2c(cc1Br)OCO2. The lowest BCUT2D eigenvalue weighted by molar-refractivity contribution is 0.173. The molecular formula is C10H9Br3O3. The van der Waals surface area contributed by atoms with E-state index in [1.807, 2.05) is 12.1 Å². The van der Waals surface area contributed by atoms with Gasteiger partial charge in [-0.2, -0.15) is 0 Å². The minimum atomic E-state index is 0.272. The minimum Gasteiger partial charge on any atom is -0.491 e. The topological polar surface area (TPSA) is 27.7 Å². The molecule has 0 bridgehead atoms. The molecule has 0 N–H and O–H groups in total. The molecule has 0 saturated heterocycles. The first-order chi connectivity index (χ1) is 7.70. The van der Waals surface area contributed by atoms with E-state index in [-0.39, 0.29) is 11.6 Å². The average molecular weight is 417 g/mol. The third-order valence-corrected chi connectivity index (χ3v) is 4.87. The molecule has 1 aromatic rings. The fraction of sp³-hybridized carbons (Fsp3) is 0.400. The zero-order valence-electron chi connectivity index (χ0n) is 8.21. The Morgan fingerprint density at radius 1 is 1.31 bits per heavy atom. The van der Waals surface area contributed by atoms with E-state index in [9.17, 15) is 0 Å². The highest BCUT2D eigenvalue weighted by molar-refractivity contribution is 9.12.